The minimum absolute atomic E-state index is 0.170. The fraction of sp³-hybridized carbons (Fsp3) is 0.385. The van der Waals surface area contributed by atoms with Crippen molar-refractivity contribution in [1.82, 2.24) is 15.3 Å². The first-order valence-electron chi connectivity index (χ1n) is 6.16. The highest BCUT2D eigenvalue weighted by Crippen LogP contribution is 2.35. The summed E-state index contributed by atoms with van der Waals surface area (Å²) in [7, 11) is 0. The first kappa shape index (κ1) is 14.9. The molecule has 2 heterocycles. The normalized spacial score (nSPS) is 13.4. The number of nitrogens with zero attached hydrogens (tertiary/aromatic N) is 2. The molecule has 2 aromatic heterocycles. The molecule has 0 aliphatic heterocycles. The first-order valence-corrected chi connectivity index (χ1v) is 6.97. The van der Waals surface area contributed by atoms with Crippen molar-refractivity contribution in [3.8, 4) is 0 Å². The second-order valence-corrected chi connectivity index (χ2v) is 5.30. The summed E-state index contributed by atoms with van der Waals surface area (Å²) in [5.74, 6) is 0. The fourth-order valence-electron chi connectivity index (χ4n) is 1.85. The third kappa shape index (κ3) is 3.77. The van der Waals surface area contributed by atoms with Gasteiger partial charge in [-0.15, -0.1) is 11.3 Å². The van der Waals surface area contributed by atoms with Crippen LogP contribution in [0.25, 0.3) is 0 Å². The van der Waals surface area contributed by atoms with Gasteiger partial charge in [-0.3, -0.25) is 4.98 Å². The zero-order valence-electron chi connectivity index (χ0n) is 10.8. The minimum atomic E-state index is -4.38. The van der Waals surface area contributed by atoms with Crippen LogP contribution in [-0.4, -0.2) is 16.5 Å². The summed E-state index contributed by atoms with van der Waals surface area (Å²) in [4.78, 5) is 8.00. The standard InChI is InChI=1S/C13H14F3N3S/c1-2-18-10(7-9-3-5-17-6-4-9)11-8-19-12(20-11)13(14,15)16/h3-6,8,10,18H,2,7H2,1H3. The number of aromatic nitrogens is 2. The molecule has 0 aliphatic rings. The molecule has 0 aromatic carbocycles. The molecule has 20 heavy (non-hydrogen) atoms. The number of hydrogen-bond donors (Lipinski definition) is 1. The van der Waals surface area contributed by atoms with Crippen molar-refractivity contribution in [1.29, 1.82) is 0 Å². The molecule has 3 nitrogen and oxygen atoms in total. The number of pyridine rings is 1. The van der Waals surface area contributed by atoms with Crippen LogP contribution in [0.3, 0.4) is 0 Å². The van der Waals surface area contributed by atoms with Gasteiger partial charge in [-0.25, -0.2) is 4.98 Å². The van der Waals surface area contributed by atoms with E-state index in [9.17, 15) is 13.2 Å². The van der Waals surface area contributed by atoms with E-state index in [4.69, 9.17) is 0 Å². The van der Waals surface area contributed by atoms with Crippen LogP contribution < -0.4 is 5.32 Å². The van der Waals surface area contributed by atoms with Gasteiger partial charge < -0.3 is 5.32 Å². The first-order chi connectivity index (χ1) is 9.50. The fourth-order valence-corrected chi connectivity index (χ4v) is 2.71. The lowest BCUT2D eigenvalue weighted by atomic mass is 10.1. The number of rotatable bonds is 5. The lowest BCUT2D eigenvalue weighted by Crippen LogP contribution is -2.22. The molecule has 0 aliphatic carbocycles. The summed E-state index contributed by atoms with van der Waals surface area (Å²) in [6.07, 6.45) is 0.881. The van der Waals surface area contributed by atoms with E-state index >= 15 is 0 Å². The van der Waals surface area contributed by atoms with Gasteiger partial charge in [0.1, 0.15) is 0 Å². The highest BCUT2D eigenvalue weighted by atomic mass is 32.1. The number of thiazole rings is 1. The highest BCUT2D eigenvalue weighted by molar-refractivity contribution is 7.11. The van der Waals surface area contributed by atoms with Crippen LogP contribution in [-0.2, 0) is 12.6 Å². The summed E-state index contributed by atoms with van der Waals surface area (Å²) in [6, 6.07) is 3.54. The maximum Gasteiger partial charge on any atom is 0.443 e. The third-order valence-electron chi connectivity index (χ3n) is 2.75. The molecule has 2 aromatic rings. The minimum Gasteiger partial charge on any atom is -0.309 e. The number of hydrogen-bond acceptors (Lipinski definition) is 4. The van der Waals surface area contributed by atoms with Crippen molar-refractivity contribution in [3.63, 3.8) is 0 Å². The van der Waals surface area contributed by atoms with Gasteiger partial charge in [0.2, 0.25) is 0 Å². The van der Waals surface area contributed by atoms with Gasteiger partial charge in [-0.05, 0) is 30.7 Å². The van der Waals surface area contributed by atoms with E-state index in [1.807, 2.05) is 19.1 Å². The van der Waals surface area contributed by atoms with E-state index in [2.05, 4.69) is 15.3 Å². The van der Waals surface area contributed by atoms with Crippen molar-refractivity contribution in [3.05, 3.63) is 46.2 Å². The van der Waals surface area contributed by atoms with Gasteiger partial charge >= 0.3 is 6.18 Å². The van der Waals surface area contributed by atoms with E-state index in [1.165, 1.54) is 6.20 Å². The molecule has 0 amide bonds. The topological polar surface area (TPSA) is 37.8 Å². The van der Waals surface area contributed by atoms with Crippen LogP contribution in [0.2, 0.25) is 0 Å². The van der Waals surface area contributed by atoms with Crippen LogP contribution >= 0.6 is 11.3 Å². The van der Waals surface area contributed by atoms with Crippen molar-refractivity contribution in [2.75, 3.05) is 6.54 Å². The number of alkyl halides is 3. The van der Waals surface area contributed by atoms with E-state index in [0.717, 1.165) is 5.56 Å². The maximum absolute atomic E-state index is 12.6. The highest BCUT2D eigenvalue weighted by Gasteiger charge is 2.35. The molecule has 108 valence electrons. The molecule has 0 fully saturated rings. The molecule has 0 bridgehead atoms. The number of halogens is 3. The predicted molar refractivity (Wildman–Crippen MR) is 71.5 cm³/mol. The van der Waals surface area contributed by atoms with Crippen LogP contribution in [0.1, 0.15) is 28.4 Å². The van der Waals surface area contributed by atoms with Crippen LogP contribution in [0, 0.1) is 0 Å². The van der Waals surface area contributed by atoms with E-state index in [1.54, 1.807) is 12.4 Å². The third-order valence-corrected chi connectivity index (χ3v) is 3.91. The van der Waals surface area contributed by atoms with Gasteiger partial charge in [0.25, 0.3) is 0 Å². The van der Waals surface area contributed by atoms with E-state index < -0.39 is 11.2 Å². The van der Waals surface area contributed by atoms with Crippen LogP contribution in [0.15, 0.2) is 30.7 Å². The summed E-state index contributed by atoms with van der Waals surface area (Å²) < 4.78 is 37.8. The van der Waals surface area contributed by atoms with Crippen molar-refractivity contribution < 1.29 is 13.2 Å². The Balaban J connectivity index is 2.18. The van der Waals surface area contributed by atoms with Gasteiger partial charge in [0, 0.05) is 29.5 Å². The smallest absolute Gasteiger partial charge is 0.309 e. The monoisotopic (exact) mass is 301 g/mol. The maximum atomic E-state index is 12.6. The van der Waals surface area contributed by atoms with Gasteiger partial charge in [-0.1, -0.05) is 6.92 Å². The summed E-state index contributed by atoms with van der Waals surface area (Å²) >= 11 is 0.693. The molecule has 1 atom stereocenters. The molecule has 1 unspecified atom stereocenters. The summed E-state index contributed by atoms with van der Waals surface area (Å²) in [6.45, 7) is 2.60. The summed E-state index contributed by atoms with van der Waals surface area (Å²) in [5, 5.41) is 2.39. The summed E-state index contributed by atoms with van der Waals surface area (Å²) in [5.41, 5.74) is 1.02. The van der Waals surface area contributed by atoms with Gasteiger partial charge in [-0.2, -0.15) is 13.2 Å². The second kappa shape index (κ2) is 6.32. The average molecular weight is 301 g/mol. The molecular weight excluding hydrogens is 287 g/mol. The largest absolute Gasteiger partial charge is 0.443 e. The SMILES string of the molecule is CCNC(Cc1ccncc1)c1cnc(C(F)(F)F)s1. The Kier molecular flexibility index (Phi) is 4.72. The van der Waals surface area contributed by atoms with E-state index in [-0.39, 0.29) is 6.04 Å². The average Bonchev–Trinajstić information content (AvgIpc) is 2.89. The van der Waals surface area contributed by atoms with Crippen molar-refractivity contribution in [2.24, 2.45) is 0 Å². The molecule has 2 rings (SSSR count). The zero-order valence-corrected chi connectivity index (χ0v) is 11.6. The quantitative estimate of drug-likeness (QED) is 0.919. The zero-order chi connectivity index (χ0) is 14.6. The molecule has 0 radical (unpaired) electrons. The Bertz CT molecular complexity index is 539. The molecule has 7 heteroatoms. The molecule has 0 spiro atoms. The predicted octanol–water partition coefficient (Wildman–Crippen LogP) is 3.45. The Morgan fingerprint density at radius 1 is 1.30 bits per heavy atom. The Morgan fingerprint density at radius 3 is 2.55 bits per heavy atom. The van der Waals surface area contributed by atoms with Crippen LogP contribution in [0.4, 0.5) is 13.2 Å². The molecular formula is C13H14F3N3S. The second-order valence-electron chi connectivity index (χ2n) is 4.24. The van der Waals surface area contributed by atoms with Crippen molar-refractivity contribution in [2.45, 2.75) is 25.6 Å². The lowest BCUT2D eigenvalue weighted by molar-refractivity contribution is -0.137. The number of nitrogens with one attached hydrogen (secondary N) is 1. The molecule has 0 saturated heterocycles. The Hall–Kier alpha value is -1.47. The molecule has 1 N–H and O–H groups in total. The number of likely N-dealkylation sites (N-methyl/N-ethyl adjacent to an activating group) is 1. The van der Waals surface area contributed by atoms with Gasteiger partial charge in [0.15, 0.2) is 5.01 Å². The van der Waals surface area contributed by atoms with Crippen LogP contribution in [0.5, 0.6) is 0 Å². The molecule has 0 saturated carbocycles. The Morgan fingerprint density at radius 2 is 2.00 bits per heavy atom. The Labute approximate surface area is 118 Å². The van der Waals surface area contributed by atoms with Crippen molar-refractivity contribution >= 4 is 11.3 Å². The van der Waals surface area contributed by atoms with E-state index in [0.29, 0.717) is 29.2 Å². The van der Waals surface area contributed by atoms with Gasteiger partial charge in [0.05, 0.1) is 0 Å². The lowest BCUT2D eigenvalue weighted by Gasteiger charge is -2.15.